The van der Waals surface area contributed by atoms with E-state index in [-0.39, 0.29) is 0 Å². The van der Waals surface area contributed by atoms with Crippen molar-refractivity contribution in [3.63, 3.8) is 0 Å². The van der Waals surface area contributed by atoms with Crippen LogP contribution in [0.15, 0.2) is 0 Å². The lowest BCUT2D eigenvalue weighted by molar-refractivity contribution is 0.200. The van der Waals surface area contributed by atoms with Crippen molar-refractivity contribution in [2.45, 2.75) is 13.8 Å². The molecule has 0 aromatic rings. The Morgan fingerprint density at radius 1 is 1.36 bits per heavy atom. The molecule has 0 N–H and O–H groups in total. The zero-order valence-corrected chi connectivity index (χ0v) is 11.6. The molecule has 8 heteroatoms. The van der Waals surface area contributed by atoms with E-state index < -0.39 is 11.0 Å². The first-order valence-corrected chi connectivity index (χ1v) is 9.30. The zero-order valence-electron chi connectivity index (χ0n) is 8.22. The number of rotatable bonds is 6. The van der Waals surface area contributed by atoms with Gasteiger partial charge in [-0.25, -0.2) is 4.79 Å². The number of carbonyl (C=O) groups excluding carboxylic acids is 1. The molecule has 0 aromatic carbocycles. The first-order valence-electron chi connectivity index (χ1n) is 3.91. The lowest BCUT2D eigenvalue weighted by Gasteiger charge is -2.18. The summed E-state index contributed by atoms with van der Waals surface area (Å²) in [5.74, 6) is 0. The van der Waals surface area contributed by atoms with Gasteiger partial charge < -0.3 is 13.8 Å². The Bertz CT molecular complexity index is 213. The average molecular weight is 276 g/mol. The Morgan fingerprint density at radius 2 is 1.86 bits per heavy atom. The molecule has 0 saturated carbocycles. The molecule has 84 valence electrons. The van der Waals surface area contributed by atoms with Crippen LogP contribution in [0.2, 0.25) is 0 Å². The number of methoxy groups -OCH3 is 1. The first kappa shape index (κ1) is 14.7. The Hall–Kier alpha value is 0.740. The molecular weight excluding hydrogens is 263 g/mol. The summed E-state index contributed by atoms with van der Waals surface area (Å²) in [6, 6.07) is 0. The largest absolute Gasteiger partial charge is 0.460 e. The van der Waals surface area contributed by atoms with E-state index in [9.17, 15) is 4.79 Å². The maximum Gasteiger partial charge on any atom is 0.378 e. The Kier molecular flexibility index (Phi) is 8.38. The van der Waals surface area contributed by atoms with Crippen LogP contribution in [0, 0.1) is 0 Å². The molecule has 0 saturated heterocycles. The normalized spacial score (nSPS) is 11.4. The molecule has 0 radical (unpaired) electrons. The van der Waals surface area contributed by atoms with Crippen LogP contribution in [-0.4, -0.2) is 25.6 Å². The van der Waals surface area contributed by atoms with Crippen LogP contribution < -0.4 is 0 Å². The molecule has 14 heavy (non-hydrogen) atoms. The summed E-state index contributed by atoms with van der Waals surface area (Å²) in [5.41, 5.74) is -2.37. The summed E-state index contributed by atoms with van der Waals surface area (Å²) in [4.78, 5) is 10.8. The standard InChI is InChI=1S/C6H13O4PS3/c1-4-9-11(12,10-5-2)14-13-6(7)8-3/h4-5H2,1-3H3. The number of hydrogen-bond acceptors (Lipinski definition) is 7. The van der Waals surface area contributed by atoms with Gasteiger partial charge in [-0.15, -0.1) is 0 Å². The molecule has 0 aromatic heterocycles. The summed E-state index contributed by atoms with van der Waals surface area (Å²) in [6.07, 6.45) is 0. The van der Waals surface area contributed by atoms with Gasteiger partial charge >= 0.3 is 5.30 Å². The van der Waals surface area contributed by atoms with Gasteiger partial charge in [0.05, 0.1) is 20.3 Å². The predicted molar refractivity (Wildman–Crippen MR) is 65.1 cm³/mol. The minimum atomic E-state index is -2.37. The quantitative estimate of drug-likeness (QED) is 0.418. The van der Waals surface area contributed by atoms with Crippen molar-refractivity contribution < 1.29 is 18.6 Å². The highest BCUT2D eigenvalue weighted by molar-refractivity contribution is 9.06. The van der Waals surface area contributed by atoms with E-state index in [2.05, 4.69) is 4.74 Å². The van der Waals surface area contributed by atoms with Crippen molar-refractivity contribution in [3.05, 3.63) is 0 Å². The minimum absolute atomic E-state index is 0.399. The highest BCUT2D eigenvalue weighted by Gasteiger charge is 2.21. The van der Waals surface area contributed by atoms with Crippen molar-refractivity contribution in [3.8, 4) is 0 Å². The summed E-state index contributed by atoms with van der Waals surface area (Å²) >= 11 is 5.17. The lowest BCUT2D eigenvalue weighted by Crippen LogP contribution is -1.92. The fourth-order valence-electron chi connectivity index (χ4n) is 0.507. The van der Waals surface area contributed by atoms with Gasteiger partial charge in [-0.2, -0.15) is 0 Å². The predicted octanol–water partition coefficient (Wildman–Crippen LogP) is 3.43. The smallest absolute Gasteiger partial charge is 0.378 e. The molecule has 0 spiro atoms. The Balaban J connectivity index is 4.08. The molecule has 0 fully saturated rings. The van der Waals surface area contributed by atoms with E-state index in [0.29, 0.717) is 13.2 Å². The lowest BCUT2D eigenvalue weighted by atomic mass is 10.9. The third-order valence-electron chi connectivity index (χ3n) is 0.938. The van der Waals surface area contributed by atoms with Crippen molar-refractivity contribution in [2.24, 2.45) is 0 Å². The maximum atomic E-state index is 10.8. The van der Waals surface area contributed by atoms with E-state index >= 15 is 0 Å². The summed E-state index contributed by atoms with van der Waals surface area (Å²) in [7, 11) is 3.36. The highest BCUT2D eigenvalue weighted by atomic mass is 33.4. The van der Waals surface area contributed by atoms with Gasteiger partial charge in [-0.1, -0.05) is 0 Å². The van der Waals surface area contributed by atoms with Crippen molar-refractivity contribution in [2.75, 3.05) is 20.3 Å². The zero-order chi connectivity index (χ0) is 11.0. The molecule has 0 aliphatic heterocycles. The van der Waals surface area contributed by atoms with Gasteiger partial charge in [0.15, 0.2) is 0 Å². The average Bonchev–Trinajstić information content (AvgIpc) is 2.15. The molecule has 0 amide bonds. The van der Waals surface area contributed by atoms with Crippen LogP contribution in [0.25, 0.3) is 0 Å². The number of carbonyl (C=O) groups is 1. The Labute approximate surface area is 96.8 Å². The van der Waals surface area contributed by atoms with E-state index in [1.165, 1.54) is 7.11 Å². The molecular formula is C6H13O4PS3. The summed E-state index contributed by atoms with van der Waals surface area (Å²) < 4.78 is 15.1. The first-order chi connectivity index (χ1) is 6.58. The fourth-order valence-corrected chi connectivity index (χ4v) is 6.67. The summed E-state index contributed by atoms with van der Waals surface area (Å²) in [5, 5.41) is -0.399. The monoisotopic (exact) mass is 276 g/mol. The van der Waals surface area contributed by atoms with Crippen LogP contribution in [0.4, 0.5) is 4.79 Å². The van der Waals surface area contributed by atoms with Crippen molar-refractivity contribution in [1.82, 2.24) is 0 Å². The second kappa shape index (κ2) is 7.96. The third kappa shape index (κ3) is 6.27. The topological polar surface area (TPSA) is 44.8 Å². The number of hydrogen-bond donors (Lipinski definition) is 0. The van der Waals surface area contributed by atoms with Crippen molar-refractivity contribution in [1.29, 1.82) is 0 Å². The number of ether oxygens (including phenoxy) is 1. The molecule has 0 bridgehead atoms. The van der Waals surface area contributed by atoms with E-state index in [4.69, 9.17) is 20.9 Å². The maximum absolute atomic E-state index is 10.8. The molecule has 4 nitrogen and oxygen atoms in total. The second-order valence-electron chi connectivity index (χ2n) is 1.89. The SMILES string of the molecule is CCOP(=S)(OCC)SSC(=O)OC. The van der Waals surface area contributed by atoms with Crippen LogP contribution >= 0.6 is 26.9 Å². The van der Waals surface area contributed by atoms with Crippen LogP contribution in [0.3, 0.4) is 0 Å². The molecule has 0 aliphatic carbocycles. The fraction of sp³-hybridized carbons (Fsp3) is 0.833. The minimum Gasteiger partial charge on any atom is -0.460 e. The van der Waals surface area contributed by atoms with Crippen LogP contribution in [0.1, 0.15) is 13.8 Å². The van der Waals surface area contributed by atoms with Gasteiger partial charge in [0.1, 0.15) is 0 Å². The van der Waals surface area contributed by atoms with Gasteiger partial charge in [0, 0.05) is 21.2 Å². The van der Waals surface area contributed by atoms with Crippen LogP contribution in [0.5, 0.6) is 0 Å². The van der Waals surface area contributed by atoms with Gasteiger partial charge in [0.25, 0.3) is 5.69 Å². The molecule has 0 rings (SSSR count). The van der Waals surface area contributed by atoms with E-state index in [1.807, 2.05) is 13.8 Å². The molecule has 0 unspecified atom stereocenters. The van der Waals surface area contributed by atoms with Gasteiger partial charge in [0.2, 0.25) is 0 Å². The summed E-state index contributed by atoms with van der Waals surface area (Å²) in [6.45, 7) is 4.63. The Morgan fingerprint density at radius 3 is 2.21 bits per heavy atom. The molecule has 0 heterocycles. The third-order valence-corrected chi connectivity index (χ3v) is 9.05. The van der Waals surface area contributed by atoms with E-state index in [1.54, 1.807) is 0 Å². The van der Waals surface area contributed by atoms with Gasteiger partial charge in [-0.3, -0.25) is 0 Å². The van der Waals surface area contributed by atoms with Gasteiger partial charge in [-0.05, 0) is 25.7 Å². The molecule has 0 aliphatic rings. The second-order valence-corrected chi connectivity index (χ2v) is 9.82. The van der Waals surface area contributed by atoms with Crippen LogP contribution in [-0.2, 0) is 25.6 Å². The van der Waals surface area contributed by atoms with E-state index in [0.717, 1.165) is 21.2 Å². The van der Waals surface area contributed by atoms with Crippen molar-refractivity contribution >= 4 is 44.0 Å². The molecule has 0 atom stereocenters. The highest BCUT2D eigenvalue weighted by Crippen LogP contribution is 2.65.